The summed E-state index contributed by atoms with van der Waals surface area (Å²) in [6.45, 7) is 6.60. The predicted octanol–water partition coefficient (Wildman–Crippen LogP) is 2.91. The number of nitrogens with zero attached hydrogens (tertiary/aromatic N) is 1. The number of benzene rings is 1. The molecule has 0 radical (unpaired) electrons. The molecule has 0 saturated carbocycles. The fourth-order valence-electron chi connectivity index (χ4n) is 5.08. The summed E-state index contributed by atoms with van der Waals surface area (Å²) in [6, 6.07) is 4.98. The van der Waals surface area contributed by atoms with E-state index in [-0.39, 0.29) is 23.8 Å². The summed E-state index contributed by atoms with van der Waals surface area (Å²) in [6.07, 6.45) is 2.37. The Morgan fingerprint density at radius 3 is 2.64 bits per heavy atom. The number of hydrogen-bond acceptors (Lipinski definition) is 4. The molecule has 0 unspecified atom stereocenters. The van der Waals surface area contributed by atoms with E-state index in [2.05, 4.69) is 24.5 Å². The summed E-state index contributed by atoms with van der Waals surface area (Å²) >= 11 is 6.23. The number of nitrogens with one attached hydrogen (secondary N) is 2. The van der Waals surface area contributed by atoms with Gasteiger partial charge in [0.1, 0.15) is 5.54 Å². The van der Waals surface area contributed by atoms with Crippen molar-refractivity contribution in [3.8, 4) is 0 Å². The molecule has 2 fully saturated rings. The summed E-state index contributed by atoms with van der Waals surface area (Å²) in [5.74, 6) is -1.61. The summed E-state index contributed by atoms with van der Waals surface area (Å²) in [5, 5.41) is 6.83. The molecule has 150 valence electrons. The first-order chi connectivity index (χ1) is 13.3. The van der Waals surface area contributed by atoms with Crippen LogP contribution < -0.4 is 10.6 Å². The second kappa shape index (κ2) is 6.85. The van der Waals surface area contributed by atoms with E-state index in [4.69, 9.17) is 11.6 Å². The van der Waals surface area contributed by atoms with Crippen molar-refractivity contribution in [2.24, 2.45) is 17.8 Å². The second-order valence-corrected chi connectivity index (χ2v) is 8.95. The number of rotatable bonds is 5. The predicted molar refractivity (Wildman–Crippen MR) is 107 cm³/mol. The lowest BCUT2D eigenvalue weighted by Crippen LogP contribution is -2.53. The quantitative estimate of drug-likeness (QED) is 0.741. The average Bonchev–Trinajstić information content (AvgIpc) is 3.19. The highest BCUT2D eigenvalue weighted by Gasteiger charge is 2.70. The van der Waals surface area contributed by atoms with Crippen molar-refractivity contribution < 1.29 is 14.4 Å². The molecule has 1 aromatic carbocycles. The molecule has 0 aliphatic carbocycles. The Balaban J connectivity index is 1.84. The van der Waals surface area contributed by atoms with Gasteiger partial charge in [-0.2, -0.15) is 0 Å². The minimum atomic E-state index is -1.24. The van der Waals surface area contributed by atoms with Crippen LogP contribution in [0.25, 0.3) is 0 Å². The van der Waals surface area contributed by atoms with Crippen LogP contribution in [0.4, 0.5) is 5.69 Å². The molecule has 1 spiro atoms. The molecule has 4 rings (SSSR count). The smallest absolute Gasteiger partial charge is 0.250 e. The van der Waals surface area contributed by atoms with Crippen LogP contribution in [0.15, 0.2) is 18.2 Å². The number of halogens is 1. The number of likely N-dealkylation sites (tertiary alicyclic amines) is 1. The number of carbonyl (C=O) groups is 3. The molecule has 0 bridgehead atoms. The maximum atomic E-state index is 13.4. The van der Waals surface area contributed by atoms with Gasteiger partial charge in [0.15, 0.2) is 0 Å². The Hall–Kier alpha value is -1.92. The molecular formula is C21H26ClN3O3. The SMILES string of the molecule is CCCCN1C(=O)[C@H]2[C@@H](C1=O)[C@@]1(N[C@@H]2CC(C)C)C(=O)Nc2ccc(Cl)cc21. The van der Waals surface area contributed by atoms with Crippen molar-refractivity contribution in [3.63, 3.8) is 0 Å². The van der Waals surface area contributed by atoms with Crippen LogP contribution in [0.5, 0.6) is 0 Å². The van der Waals surface area contributed by atoms with E-state index < -0.39 is 17.4 Å². The first-order valence-electron chi connectivity index (χ1n) is 10.1. The van der Waals surface area contributed by atoms with E-state index >= 15 is 0 Å². The molecule has 3 heterocycles. The topological polar surface area (TPSA) is 78.5 Å². The van der Waals surface area contributed by atoms with Gasteiger partial charge < -0.3 is 5.32 Å². The number of amides is 3. The van der Waals surface area contributed by atoms with Gasteiger partial charge in [0.2, 0.25) is 17.7 Å². The van der Waals surface area contributed by atoms with Crippen LogP contribution in [-0.4, -0.2) is 35.2 Å². The van der Waals surface area contributed by atoms with Gasteiger partial charge in [0.25, 0.3) is 0 Å². The standard InChI is InChI=1S/C21H26ClN3O3/c1-4-5-8-25-18(26)16-15(9-11(2)3)24-21(17(16)19(25)27)13-10-12(22)6-7-14(13)23-20(21)28/h6-7,10-11,15-17,24H,4-5,8-9H2,1-3H3,(H,23,28)/t15-,16-,17+,21-/m1/s1. The van der Waals surface area contributed by atoms with Gasteiger partial charge in [-0.05, 0) is 37.0 Å². The maximum Gasteiger partial charge on any atom is 0.250 e. The maximum absolute atomic E-state index is 13.4. The molecule has 28 heavy (non-hydrogen) atoms. The normalized spacial score (nSPS) is 31.1. The van der Waals surface area contributed by atoms with E-state index in [1.807, 2.05) is 6.92 Å². The highest BCUT2D eigenvalue weighted by molar-refractivity contribution is 6.31. The van der Waals surface area contributed by atoms with E-state index in [1.54, 1.807) is 18.2 Å². The fraction of sp³-hybridized carbons (Fsp3) is 0.571. The van der Waals surface area contributed by atoms with Crippen molar-refractivity contribution in [2.45, 2.75) is 51.6 Å². The first kappa shape index (κ1) is 19.4. The molecule has 1 aromatic rings. The summed E-state index contributed by atoms with van der Waals surface area (Å²) in [4.78, 5) is 41.2. The van der Waals surface area contributed by atoms with Crippen LogP contribution in [-0.2, 0) is 19.9 Å². The molecule has 3 aliphatic heterocycles. The Kier molecular flexibility index (Phi) is 4.74. The lowest BCUT2D eigenvalue weighted by molar-refractivity contribution is -0.142. The third-order valence-corrected chi connectivity index (χ3v) is 6.46. The molecule has 2 saturated heterocycles. The Morgan fingerprint density at radius 2 is 1.96 bits per heavy atom. The van der Waals surface area contributed by atoms with E-state index in [0.717, 1.165) is 12.8 Å². The van der Waals surface area contributed by atoms with Crippen LogP contribution in [0.1, 0.15) is 45.6 Å². The average molecular weight is 404 g/mol. The highest BCUT2D eigenvalue weighted by atomic mass is 35.5. The molecule has 0 aromatic heterocycles. The molecular weight excluding hydrogens is 378 g/mol. The van der Waals surface area contributed by atoms with Gasteiger partial charge in [-0.25, -0.2) is 0 Å². The van der Waals surface area contributed by atoms with E-state index in [1.165, 1.54) is 4.90 Å². The van der Waals surface area contributed by atoms with Crippen LogP contribution in [0.3, 0.4) is 0 Å². The first-order valence-corrected chi connectivity index (χ1v) is 10.4. The second-order valence-electron chi connectivity index (χ2n) is 8.52. The number of hydrogen-bond donors (Lipinski definition) is 2. The summed E-state index contributed by atoms with van der Waals surface area (Å²) in [7, 11) is 0. The van der Waals surface area contributed by atoms with Crippen molar-refractivity contribution in [2.75, 3.05) is 11.9 Å². The van der Waals surface area contributed by atoms with E-state index in [9.17, 15) is 14.4 Å². The Bertz CT molecular complexity index is 855. The zero-order chi connectivity index (χ0) is 20.2. The monoisotopic (exact) mass is 403 g/mol. The van der Waals surface area contributed by atoms with Gasteiger partial charge in [0, 0.05) is 28.9 Å². The van der Waals surface area contributed by atoms with Gasteiger partial charge in [-0.15, -0.1) is 0 Å². The number of anilines is 1. The summed E-state index contributed by atoms with van der Waals surface area (Å²) in [5.41, 5.74) is 0.0842. The zero-order valence-corrected chi connectivity index (χ0v) is 17.2. The Labute approximate surface area is 170 Å². The zero-order valence-electron chi connectivity index (χ0n) is 16.4. The van der Waals surface area contributed by atoms with Gasteiger partial charge in [0.05, 0.1) is 11.8 Å². The molecule has 6 nitrogen and oxygen atoms in total. The highest BCUT2D eigenvalue weighted by Crippen LogP contribution is 2.54. The minimum Gasteiger partial charge on any atom is -0.324 e. The third-order valence-electron chi connectivity index (χ3n) is 6.23. The number of imide groups is 1. The molecule has 3 amide bonds. The van der Waals surface area contributed by atoms with Gasteiger partial charge >= 0.3 is 0 Å². The van der Waals surface area contributed by atoms with Crippen LogP contribution in [0, 0.1) is 17.8 Å². The minimum absolute atomic E-state index is 0.151. The lowest BCUT2D eigenvalue weighted by Gasteiger charge is -2.30. The van der Waals surface area contributed by atoms with Crippen molar-refractivity contribution in [1.29, 1.82) is 0 Å². The molecule has 4 atom stereocenters. The fourth-order valence-corrected chi connectivity index (χ4v) is 5.25. The number of unbranched alkanes of at least 4 members (excludes halogenated alkanes) is 1. The number of carbonyl (C=O) groups excluding carboxylic acids is 3. The van der Waals surface area contributed by atoms with Gasteiger partial charge in [-0.1, -0.05) is 38.8 Å². The van der Waals surface area contributed by atoms with Crippen LogP contribution >= 0.6 is 11.6 Å². The van der Waals surface area contributed by atoms with Gasteiger partial charge in [-0.3, -0.25) is 24.6 Å². The van der Waals surface area contributed by atoms with Crippen molar-refractivity contribution in [3.05, 3.63) is 28.8 Å². The van der Waals surface area contributed by atoms with Crippen LogP contribution in [0.2, 0.25) is 5.02 Å². The molecule has 3 aliphatic rings. The molecule has 7 heteroatoms. The van der Waals surface area contributed by atoms with Crippen molar-refractivity contribution >= 4 is 35.0 Å². The largest absolute Gasteiger partial charge is 0.324 e. The van der Waals surface area contributed by atoms with Crippen molar-refractivity contribution in [1.82, 2.24) is 10.2 Å². The third kappa shape index (κ3) is 2.61. The van der Waals surface area contributed by atoms with E-state index in [0.29, 0.717) is 35.2 Å². The lowest BCUT2D eigenvalue weighted by atomic mass is 9.76. The summed E-state index contributed by atoms with van der Waals surface area (Å²) < 4.78 is 0. The molecule has 2 N–H and O–H groups in total. The Morgan fingerprint density at radius 1 is 1.21 bits per heavy atom. The number of fused-ring (bicyclic) bond motifs is 4.